The molecule has 6 aliphatic rings. The van der Waals surface area contributed by atoms with Gasteiger partial charge in [0, 0.05) is 142 Å². The van der Waals surface area contributed by atoms with Crippen molar-refractivity contribution in [2.45, 2.75) is 176 Å². The number of anilines is 2. The van der Waals surface area contributed by atoms with Crippen molar-refractivity contribution in [1.29, 1.82) is 0 Å². The monoisotopic (exact) mass is 1880 g/mol. The number of hydrogen-bond acceptors (Lipinski definition) is 24. The molecule has 10 unspecified atom stereocenters. The number of amides is 6. The minimum absolute atomic E-state index is 0.0326. The van der Waals surface area contributed by atoms with E-state index in [4.69, 9.17) is 56.8 Å². The van der Waals surface area contributed by atoms with Crippen molar-refractivity contribution in [3.63, 3.8) is 0 Å². The second-order valence-corrected chi connectivity index (χ2v) is 35.5. The minimum Gasteiger partial charge on any atom is -0.490 e. The van der Waals surface area contributed by atoms with E-state index in [1.54, 1.807) is 182 Å². The fourth-order valence-electron chi connectivity index (χ4n) is 19.8. The summed E-state index contributed by atoms with van der Waals surface area (Å²) in [5.74, 6) is -5.36. The van der Waals surface area contributed by atoms with Gasteiger partial charge in [0.15, 0.2) is 0 Å². The zero-order valence-electron chi connectivity index (χ0n) is 76.3. The van der Waals surface area contributed by atoms with E-state index in [0.29, 0.717) is 148 Å². The maximum atomic E-state index is 17.1. The van der Waals surface area contributed by atoms with E-state index in [1.165, 1.54) is 49.1 Å². The Kier molecular flexibility index (Phi) is 27.2. The zero-order chi connectivity index (χ0) is 96.6. The highest BCUT2D eigenvalue weighted by atomic mass is 16.6. The van der Waals surface area contributed by atoms with Crippen molar-refractivity contribution >= 4 is 114 Å². The molecule has 0 spiro atoms. The third kappa shape index (κ3) is 20.2. The molecule has 28 nitrogen and oxygen atoms in total. The van der Waals surface area contributed by atoms with Crippen molar-refractivity contribution in [1.82, 2.24) is 19.8 Å². The molecule has 11 aromatic carbocycles. The van der Waals surface area contributed by atoms with Crippen LogP contribution in [-0.4, -0.2) is 140 Å². The highest BCUT2D eigenvalue weighted by Gasteiger charge is 2.48. The number of esters is 4. The molecule has 0 bridgehead atoms. The first-order valence-electron chi connectivity index (χ1n) is 47.0. The molecule has 708 valence electrons. The number of nitrogens with zero attached hydrogens (tertiary/aromatic N) is 4. The number of imide groups is 2. The van der Waals surface area contributed by atoms with Crippen LogP contribution in [-0.2, 0) is 60.6 Å². The number of fused-ring (bicyclic) bond motifs is 2. The first-order valence-corrected chi connectivity index (χ1v) is 47.0. The summed E-state index contributed by atoms with van der Waals surface area (Å²) < 4.78 is 79.4. The standard InChI is InChI=1S/C112H98N6O22/c1-5-95(119)137-81-27-15-23-77(57-81)129-69-31-39-73(40-32-69)133-91-61-85-99-86(110(126)117(109(85)125)89(55-65-19-11-9-12-20-65)107(123)115-67-47-51-113-52-48-67)63-93(135-75-43-35-71(36-44-75)131-79-25-17-29-83(59-79)139-97(121)7-3)103-104-94(136-76-45-37-72(38-46-76)132-80-26-18-30-84(60-80)140-98(122)8-4)64-88-100-87(111(127)118(112(88)128)90(56-66-21-13-10-14-22-66)108(124)116-68-49-53-114-54-50-68)62-92(102(106(100)104)101(91)105(99)103)134-74-41-33-70(34-42-74)130-78-24-16-28-82(58-78)138-96(120)6-2/h5-14,19-22,31-54,61-64,77-84,89-90H,1-4,15-18,23-30,55-60H2,(H,113,115,123)(H,114,116,124). The van der Waals surface area contributed by atoms with Gasteiger partial charge in [-0.1, -0.05) is 87.0 Å². The maximum Gasteiger partial charge on any atom is 0.330 e. The number of ether oxygens (including phenoxy) is 12. The van der Waals surface area contributed by atoms with E-state index in [1.807, 2.05) is 0 Å². The van der Waals surface area contributed by atoms with Crippen LogP contribution in [0.25, 0.3) is 43.1 Å². The molecule has 19 rings (SSSR count). The molecule has 2 N–H and O–H groups in total. The molecular formula is C112H98N6O22. The Labute approximate surface area is 805 Å². The Morgan fingerprint density at radius 2 is 0.543 bits per heavy atom. The number of pyridine rings is 2. The van der Waals surface area contributed by atoms with Crippen molar-refractivity contribution in [3.05, 3.63) is 315 Å². The lowest BCUT2D eigenvalue weighted by molar-refractivity contribution is -0.146. The van der Waals surface area contributed by atoms with Gasteiger partial charge in [-0.25, -0.2) is 19.2 Å². The van der Waals surface area contributed by atoms with Gasteiger partial charge in [-0.2, -0.15) is 0 Å². The Morgan fingerprint density at radius 1 is 0.307 bits per heavy atom. The van der Waals surface area contributed by atoms with E-state index in [0.717, 1.165) is 34.1 Å². The van der Waals surface area contributed by atoms with Gasteiger partial charge in [0.25, 0.3) is 23.6 Å². The molecule has 140 heavy (non-hydrogen) atoms. The van der Waals surface area contributed by atoms with Crippen LogP contribution < -0.4 is 48.5 Å². The summed E-state index contributed by atoms with van der Waals surface area (Å²) in [5, 5.41) is 6.65. The van der Waals surface area contributed by atoms with E-state index < -0.39 is 95.8 Å². The lowest BCUT2D eigenvalue weighted by Crippen LogP contribution is -2.53. The van der Waals surface area contributed by atoms with Gasteiger partial charge in [-0.15, -0.1) is 0 Å². The Balaban J connectivity index is 0.874. The lowest BCUT2D eigenvalue weighted by atomic mass is 9.80. The van der Waals surface area contributed by atoms with Gasteiger partial charge in [0.2, 0.25) is 11.8 Å². The molecular weight excluding hydrogens is 1780 g/mol. The van der Waals surface area contributed by atoms with Gasteiger partial charge in [0.05, 0.1) is 22.3 Å². The molecule has 2 aromatic heterocycles. The smallest absolute Gasteiger partial charge is 0.330 e. The fraction of sp³-hybridized carbons (Fsp3) is 0.250. The van der Waals surface area contributed by atoms with Crippen LogP contribution in [0.5, 0.6) is 69.0 Å². The number of aromatic nitrogens is 2. The van der Waals surface area contributed by atoms with Crippen molar-refractivity contribution in [3.8, 4) is 69.0 Å². The molecule has 28 heteroatoms. The average Bonchev–Trinajstić information content (AvgIpc) is 0.668. The summed E-state index contributed by atoms with van der Waals surface area (Å²) in [4.78, 5) is 160. The Morgan fingerprint density at radius 3 is 0.786 bits per heavy atom. The van der Waals surface area contributed by atoms with E-state index in [9.17, 15) is 19.2 Å². The van der Waals surface area contributed by atoms with Gasteiger partial charge in [-0.05, 0) is 234 Å². The van der Waals surface area contributed by atoms with Crippen LogP contribution in [0.1, 0.15) is 155 Å². The Hall–Kier alpha value is -16.5. The summed E-state index contributed by atoms with van der Waals surface area (Å²) >= 11 is 0. The summed E-state index contributed by atoms with van der Waals surface area (Å²) in [5.41, 5.74) is 1.24. The SMILES string of the molecule is C=CC(=O)OC1CCCC(Oc2ccc(Oc3cc4c5c(cc(Oc6ccc(OC7CCCC(OC(=O)C=C)C7)cc6)c6c7c(Oc8ccc(OC9CCCC(OC(=O)C=C)C9)cc8)cc8c9c(cc(Oc%10ccc(OC%11CCCC(OC(=O)C=C)C%11)cc%10)c(c3c56)c97)C(=O)N(C(Cc3ccccc3)C(=O)Nc3ccncc3)C8=O)C(=O)N(C(Cc3ccccc3)C(=O)Nc3ccncc3)C4=O)cc2)C1. The van der Waals surface area contributed by atoms with Crippen molar-refractivity contribution < 1.29 is 105 Å². The van der Waals surface area contributed by atoms with Crippen LogP contribution in [0.3, 0.4) is 0 Å². The highest BCUT2D eigenvalue weighted by Crippen LogP contribution is 2.59. The molecule has 4 aliphatic carbocycles. The van der Waals surface area contributed by atoms with Crippen LogP contribution >= 0.6 is 0 Å². The summed E-state index contributed by atoms with van der Waals surface area (Å²) in [7, 11) is 0. The number of rotatable bonds is 34. The van der Waals surface area contributed by atoms with Crippen LogP contribution in [0.2, 0.25) is 0 Å². The van der Waals surface area contributed by atoms with E-state index in [-0.39, 0.29) is 149 Å². The number of nitrogens with one attached hydrogen (secondary N) is 2. The summed E-state index contributed by atoms with van der Waals surface area (Å²) in [6, 6.07) is 54.0. The van der Waals surface area contributed by atoms with Crippen LogP contribution in [0, 0.1) is 0 Å². The lowest BCUT2D eigenvalue weighted by Gasteiger charge is -2.36. The van der Waals surface area contributed by atoms with Crippen molar-refractivity contribution in [2.24, 2.45) is 0 Å². The second-order valence-electron chi connectivity index (χ2n) is 35.5. The molecule has 4 fully saturated rings. The highest BCUT2D eigenvalue weighted by molar-refractivity contribution is 6.45. The fourth-order valence-corrected chi connectivity index (χ4v) is 19.8. The minimum atomic E-state index is -1.59. The normalized spacial score (nSPS) is 19.3. The molecule has 4 heterocycles. The predicted octanol–water partition coefficient (Wildman–Crippen LogP) is 21.1. The van der Waals surface area contributed by atoms with E-state index >= 15 is 28.8 Å². The average molecular weight is 1880 g/mol. The predicted molar refractivity (Wildman–Crippen MR) is 520 cm³/mol. The number of benzene rings is 11. The van der Waals surface area contributed by atoms with Gasteiger partial charge in [-0.3, -0.25) is 48.5 Å². The van der Waals surface area contributed by atoms with Crippen LogP contribution in [0.15, 0.2) is 282 Å². The van der Waals surface area contributed by atoms with Gasteiger partial charge in [0.1, 0.15) is 130 Å². The molecule has 10 atom stereocenters. The number of carbonyl (C=O) groups is 10. The molecule has 13 aromatic rings. The molecule has 0 saturated heterocycles. The van der Waals surface area contributed by atoms with Crippen LogP contribution in [0.4, 0.5) is 11.4 Å². The second kappa shape index (κ2) is 41.2. The van der Waals surface area contributed by atoms with Gasteiger partial charge >= 0.3 is 23.9 Å². The van der Waals surface area contributed by atoms with E-state index in [2.05, 4.69) is 46.9 Å². The van der Waals surface area contributed by atoms with Crippen molar-refractivity contribution in [2.75, 3.05) is 10.6 Å². The summed E-state index contributed by atoms with van der Waals surface area (Å²) in [6.45, 7) is 14.4. The number of hydrogen-bond donors (Lipinski definition) is 2. The molecule has 6 amide bonds. The topological polar surface area (TPSA) is 338 Å². The third-order valence-corrected chi connectivity index (χ3v) is 26.2. The molecule has 4 saturated carbocycles. The third-order valence-electron chi connectivity index (χ3n) is 26.2. The first kappa shape index (κ1) is 92.5. The summed E-state index contributed by atoms with van der Waals surface area (Å²) in [6.07, 6.45) is 16.4. The molecule has 0 radical (unpaired) electrons. The van der Waals surface area contributed by atoms with Gasteiger partial charge < -0.3 is 67.5 Å². The zero-order valence-corrected chi connectivity index (χ0v) is 76.3. The largest absolute Gasteiger partial charge is 0.490 e. The Bertz CT molecular complexity index is 6250. The number of carbonyl (C=O) groups excluding carboxylic acids is 10. The molecule has 2 aliphatic heterocycles. The maximum absolute atomic E-state index is 17.1. The quantitative estimate of drug-likeness (QED) is 0.00944. The first-order chi connectivity index (χ1) is 68.2.